The number of nitrogens with one attached hydrogen (secondary N) is 1. The van der Waals surface area contributed by atoms with Gasteiger partial charge in [0.05, 0.1) is 25.4 Å². The molecule has 7 unspecified atom stereocenters. The Morgan fingerprint density at radius 1 is 0.603 bits per heavy atom. The number of aliphatic hydroxyl groups excluding tert-OH is 4. The van der Waals surface area contributed by atoms with Crippen LogP contribution in [-0.2, 0) is 28.9 Å². The Balaban J connectivity index is 2.40. The van der Waals surface area contributed by atoms with Crippen molar-refractivity contribution in [1.29, 1.82) is 0 Å². The molecule has 400 valence electrons. The van der Waals surface area contributed by atoms with Gasteiger partial charge in [-0.1, -0.05) is 237 Å². The van der Waals surface area contributed by atoms with Crippen LogP contribution >= 0.6 is 0 Å². The molecule has 1 aliphatic heterocycles. The molecule has 0 aromatic heterocycles. The molecule has 0 aliphatic carbocycles. The summed E-state index contributed by atoms with van der Waals surface area (Å²) in [4.78, 5) is 13.1. The summed E-state index contributed by atoms with van der Waals surface area (Å²) in [5.41, 5.74) is 0. The van der Waals surface area contributed by atoms with Gasteiger partial charge in [-0.05, 0) is 44.9 Å². The van der Waals surface area contributed by atoms with Crippen molar-refractivity contribution in [3.8, 4) is 0 Å². The molecule has 1 saturated heterocycles. The predicted octanol–water partition coefficient (Wildman–Crippen LogP) is 12.6. The SMILES string of the molecule is CC/C=C\C/C=C\CCCCCCCCCCCCCCCCC(=O)NC(COC1OC(CO)C(O)C(OS(=O)(=O)O)C1O)C(O)/C=C/CCCCCCCCCCCCCCCCCCCC. The van der Waals surface area contributed by atoms with Gasteiger partial charge < -0.3 is 35.2 Å². The van der Waals surface area contributed by atoms with Gasteiger partial charge in [-0.15, -0.1) is 0 Å². The van der Waals surface area contributed by atoms with Gasteiger partial charge in [-0.2, -0.15) is 8.42 Å². The van der Waals surface area contributed by atoms with Gasteiger partial charge in [0.1, 0.15) is 24.4 Å². The van der Waals surface area contributed by atoms with Crippen LogP contribution in [0.2, 0.25) is 0 Å². The molecule has 0 spiro atoms. The molecular formula is C55H103NO11S. The second-order valence-electron chi connectivity index (χ2n) is 19.5. The fourth-order valence-electron chi connectivity index (χ4n) is 8.91. The summed E-state index contributed by atoms with van der Waals surface area (Å²) in [6.07, 6.45) is 47.5. The number of carbonyl (C=O) groups is 1. The van der Waals surface area contributed by atoms with Crippen LogP contribution in [0.1, 0.15) is 251 Å². The normalized spacial score (nSPS) is 20.0. The third-order valence-electron chi connectivity index (χ3n) is 13.2. The van der Waals surface area contributed by atoms with E-state index in [0.29, 0.717) is 6.42 Å². The number of hydrogen-bond donors (Lipinski definition) is 6. The smallest absolute Gasteiger partial charge is 0.394 e. The summed E-state index contributed by atoms with van der Waals surface area (Å²) in [5.74, 6) is -0.261. The van der Waals surface area contributed by atoms with Crippen molar-refractivity contribution in [2.45, 2.75) is 294 Å². The van der Waals surface area contributed by atoms with E-state index in [4.69, 9.17) is 9.47 Å². The molecule has 0 saturated carbocycles. The van der Waals surface area contributed by atoms with Crippen molar-refractivity contribution < 1.29 is 51.8 Å². The Morgan fingerprint density at radius 2 is 1.03 bits per heavy atom. The highest BCUT2D eigenvalue weighted by molar-refractivity contribution is 7.80. The number of amides is 1. The molecule has 0 radical (unpaired) electrons. The van der Waals surface area contributed by atoms with E-state index < -0.39 is 59.9 Å². The lowest BCUT2D eigenvalue weighted by Crippen LogP contribution is -2.61. The summed E-state index contributed by atoms with van der Waals surface area (Å²) in [6.45, 7) is 3.32. The van der Waals surface area contributed by atoms with E-state index >= 15 is 0 Å². The first-order valence-corrected chi connectivity index (χ1v) is 29.2. The average Bonchev–Trinajstić information content (AvgIpc) is 3.31. The van der Waals surface area contributed by atoms with Crippen LogP contribution in [0.15, 0.2) is 36.5 Å². The zero-order chi connectivity index (χ0) is 49.8. The lowest BCUT2D eigenvalue weighted by molar-refractivity contribution is -0.298. The van der Waals surface area contributed by atoms with Gasteiger partial charge in [0.2, 0.25) is 5.91 Å². The summed E-state index contributed by atoms with van der Waals surface area (Å²) >= 11 is 0. The molecular weight excluding hydrogens is 883 g/mol. The largest absolute Gasteiger partial charge is 0.397 e. The molecule has 68 heavy (non-hydrogen) atoms. The second kappa shape index (κ2) is 45.2. The summed E-state index contributed by atoms with van der Waals surface area (Å²) in [5, 5.41) is 44.9. The quantitative estimate of drug-likeness (QED) is 0.0193. The minimum absolute atomic E-state index is 0.261. The standard InChI is InChI=1S/C55H103NO11S/c1-3-5-7-9-11-13-15-17-19-21-23-25-27-29-31-33-35-37-39-41-43-45-51(59)56-48(47-65-55-53(61)54(67-68(62,63)64)52(60)50(46-57)66-55)49(58)44-42-40-38-36-34-32-30-28-26-24-22-20-18-16-14-12-10-8-6-4-2/h5,7,11,13,42,44,48-50,52-55,57-58,60-61H,3-4,6,8-10,12,14-41,43,45-47H2,1-2H3,(H,56,59)(H,62,63,64)/b7-5-,13-11-,44-42+. The molecule has 0 aromatic carbocycles. The van der Waals surface area contributed by atoms with Crippen LogP contribution in [0, 0.1) is 0 Å². The van der Waals surface area contributed by atoms with Gasteiger partial charge in [0, 0.05) is 6.42 Å². The Labute approximate surface area is 415 Å². The predicted molar refractivity (Wildman–Crippen MR) is 278 cm³/mol. The fraction of sp³-hybridized carbons (Fsp3) is 0.873. The topological polar surface area (TPSA) is 192 Å². The molecule has 0 aromatic rings. The van der Waals surface area contributed by atoms with Crippen molar-refractivity contribution in [3.05, 3.63) is 36.5 Å². The van der Waals surface area contributed by atoms with Crippen LogP contribution in [0.5, 0.6) is 0 Å². The van der Waals surface area contributed by atoms with E-state index in [1.165, 1.54) is 173 Å². The Bertz CT molecular complexity index is 1340. The van der Waals surface area contributed by atoms with E-state index in [-0.39, 0.29) is 18.9 Å². The number of rotatable bonds is 48. The molecule has 1 fully saturated rings. The molecule has 1 aliphatic rings. The number of carbonyl (C=O) groups excluding carboxylic acids is 1. The number of hydrogen-bond acceptors (Lipinski definition) is 10. The van der Waals surface area contributed by atoms with Gasteiger partial charge in [-0.3, -0.25) is 9.35 Å². The molecule has 1 amide bonds. The highest BCUT2D eigenvalue weighted by Gasteiger charge is 2.48. The highest BCUT2D eigenvalue weighted by atomic mass is 32.3. The summed E-state index contributed by atoms with van der Waals surface area (Å²) in [6, 6.07) is -0.944. The monoisotopic (exact) mass is 986 g/mol. The first-order valence-electron chi connectivity index (χ1n) is 27.9. The number of unbranched alkanes of at least 4 members (excludes halogenated alkanes) is 32. The minimum atomic E-state index is -5.09. The van der Waals surface area contributed by atoms with Crippen LogP contribution in [0.25, 0.3) is 0 Å². The minimum Gasteiger partial charge on any atom is -0.394 e. The van der Waals surface area contributed by atoms with Crippen molar-refractivity contribution in [2.75, 3.05) is 13.2 Å². The van der Waals surface area contributed by atoms with Crippen LogP contribution in [-0.4, -0.2) is 95.4 Å². The van der Waals surface area contributed by atoms with E-state index in [0.717, 1.165) is 51.4 Å². The highest BCUT2D eigenvalue weighted by Crippen LogP contribution is 2.26. The van der Waals surface area contributed by atoms with E-state index in [1.54, 1.807) is 6.08 Å². The maximum atomic E-state index is 13.1. The van der Waals surface area contributed by atoms with Crippen molar-refractivity contribution in [2.24, 2.45) is 0 Å². The molecule has 13 heteroatoms. The molecule has 1 heterocycles. The van der Waals surface area contributed by atoms with E-state index in [9.17, 15) is 38.2 Å². The first kappa shape index (κ1) is 64.3. The van der Waals surface area contributed by atoms with Gasteiger partial charge in [0.25, 0.3) is 0 Å². The fourth-order valence-corrected chi connectivity index (χ4v) is 9.41. The first-order chi connectivity index (χ1) is 33.0. The third kappa shape index (κ3) is 37.1. The number of allylic oxidation sites excluding steroid dienone is 5. The maximum Gasteiger partial charge on any atom is 0.397 e. The van der Waals surface area contributed by atoms with Crippen molar-refractivity contribution in [3.63, 3.8) is 0 Å². The lowest BCUT2D eigenvalue weighted by Gasteiger charge is -2.41. The average molecular weight is 986 g/mol. The third-order valence-corrected chi connectivity index (χ3v) is 13.6. The Kier molecular flexibility index (Phi) is 42.8. The van der Waals surface area contributed by atoms with Gasteiger partial charge in [-0.25, -0.2) is 4.18 Å². The Hall–Kier alpha value is -1.68. The molecule has 0 bridgehead atoms. The maximum absolute atomic E-state index is 13.1. The Morgan fingerprint density at radius 3 is 1.47 bits per heavy atom. The molecule has 6 N–H and O–H groups in total. The van der Waals surface area contributed by atoms with Gasteiger partial charge in [0.15, 0.2) is 6.29 Å². The van der Waals surface area contributed by atoms with Crippen molar-refractivity contribution in [1.82, 2.24) is 5.32 Å². The van der Waals surface area contributed by atoms with Gasteiger partial charge >= 0.3 is 10.4 Å². The van der Waals surface area contributed by atoms with E-state index in [1.807, 2.05) is 6.08 Å². The molecule has 7 atom stereocenters. The van der Waals surface area contributed by atoms with Crippen LogP contribution < -0.4 is 5.32 Å². The van der Waals surface area contributed by atoms with Crippen LogP contribution in [0.3, 0.4) is 0 Å². The lowest BCUT2D eigenvalue weighted by atomic mass is 9.99. The summed E-state index contributed by atoms with van der Waals surface area (Å²) < 4.78 is 47.8. The second-order valence-corrected chi connectivity index (χ2v) is 20.5. The number of ether oxygens (including phenoxy) is 2. The van der Waals surface area contributed by atoms with Crippen LogP contribution in [0.4, 0.5) is 0 Å². The number of aliphatic hydroxyl groups is 4. The zero-order valence-corrected chi connectivity index (χ0v) is 44.0. The zero-order valence-electron chi connectivity index (χ0n) is 43.2. The summed E-state index contributed by atoms with van der Waals surface area (Å²) in [7, 11) is -5.09. The van der Waals surface area contributed by atoms with E-state index in [2.05, 4.69) is 47.7 Å². The molecule has 12 nitrogen and oxygen atoms in total. The van der Waals surface area contributed by atoms with Crippen molar-refractivity contribution >= 4 is 16.3 Å². The molecule has 1 rings (SSSR count).